The minimum atomic E-state index is 0.109. The van der Waals surface area contributed by atoms with E-state index in [-0.39, 0.29) is 5.41 Å². The summed E-state index contributed by atoms with van der Waals surface area (Å²) >= 11 is 0. The third-order valence-electron chi connectivity index (χ3n) is 4.27. The van der Waals surface area contributed by atoms with Crippen LogP contribution in [0.3, 0.4) is 0 Å². The molecule has 6 heteroatoms. The van der Waals surface area contributed by atoms with E-state index in [9.17, 15) is 0 Å². The fraction of sp³-hybridized carbons (Fsp3) is 0.667. The van der Waals surface area contributed by atoms with E-state index in [0.717, 1.165) is 23.9 Å². The molecule has 116 valence electrons. The number of nitrogens with one attached hydrogen (secondary N) is 2. The first-order valence-corrected chi connectivity index (χ1v) is 7.26. The number of guanidine groups is 1. The number of hydrogen-bond acceptors (Lipinski definition) is 4. The second-order valence-electron chi connectivity index (χ2n) is 6.00. The van der Waals surface area contributed by atoms with E-state index in [2.05, 4.69) is 39.4 Å². The number of methoxy groups -OCH3 is 1. The normalized spacial score (nSPS) is 24.3. The molecule has 0 saturated heterocycles. The highest BCUT2D eigenvalue weighted by molar-refractivity contribution is 5.80. The van der Waals surface area contributed by atoms with Gasteiger partial charge >= 0.3 is 0 Å². The summed E-state index contributed by atoms with van der Waals surface area (Å²) in [5.74, 6) is 1.57. The SMILES string of the molecule is CN=C(NCc1ccnc(C)n1)NC1CC(OC)C1(C)C. The topological polar surface area (TPSA) is 71.4 Å². The molecule has 0 bridgehead atoms. The van der Waals surface area contributed by atoms with Crippen molar-refractivity contribution in [3.63, 3.8) is 0 Å². The van der Waals surface area contributed by atoms with Gasteiger partial charge < -0.3 is 15.4 Å². The predicted octanol–water partition coefficient (Wildman–Crippen LogP) is 1.26. The molecule has 1 heterocycles. The van der Waals surface area contributed by atoms with Gasteiger partial charge in [0.1, 0.15) is 5.82 Å². The van der Waals surface area contributed by atoms with E-state index >= 15 is 0 Å². The summed E-state index contributed by atoms with van der Waals surface area (Å²) in [5.41, 5.74) is 1.06. The lowest BCUT2D eigenvalue weighted by Gasteiger charge is -2.51. The number of aliphatic imine (C=N–C) groups is 1. The van der Waals surface area contributed by atoms with Gasteiger partial charge in [-0.25, -0.2) is 9.97 Å². The Bertz CT molecular complexity index is 515. The quantitative estimate of drug-likeness (QED) is 0.645. The Morgan fingerprint density at radius 2 is 2.29 bits per heavy atom. The zero-order chi connectivity index (χ0) is 15.5. The van der Waals surface area contributed by atoms with Crippen molar-refractivity contribution in [2.45, 2.75) is 45.9 Å². The predicted molar refractivity (Wildman–Crippen MR) is 83.1 cm³/mol. The van der Waals surface area contributed by atoms with Crippen LogP contribution in [0.1, 0.15) is 31.8 Å². The molecule has 1 aromatic rings. The van der Waals surface area contributed by atoms with Gasteiger partial charge in [-0.1, -0.05) is 13.8 Å². The van der Waals surface area contributed by atoms with Crippen LogP contribution >= 0.6 is 0 Å². The van der Waals surface area contributed by atoms with Gasteiger partial charge in [0.2, 0.25) is 0 Å². The molecule has 2 atom stereocenters. The largest absolute Gasteiger partial charge is 0.381 e. The van der Waals surface area contributed by atoms with E-state index in [1.807, 2.05) is 13.0 Å². The van der Waals surface area contributed by atoms with Crippen LogP contribution in [0.4, 0.5) is 0 Å². The minimum Gasteiger partial charge on any atom is -0.381 e. The molecule has 2 rings (SSSR count). The Balaban J connectivity index is 1.88. The second-order valence-corrected chi connectivity index (χ2v) is 6.00. The lowest BCUT2D eigenvalue weighted by atomic mass is 9.64. The molecule has 1 aliphatic rings. The zero-order valence-corrected chi connectivity index (χ0v) is 13.5. The maximum absolute atomic E-state index is 5.47. The Morgan fingerprint density at radius 3 is 2.86 bits per heavy atom. The van der Waals surface area contributed by atoms with E-state index in [4.69, 9.17) is 4.74 Å². The third kappa shape index (κ3) is 3.50. The van der Waals surface area contributed by atoms with Crippen LogP contribution in [-0.2, 0) is 11.3 Å². The van der Waals surface area contributed by atoms with Crippen LogP contribution in [0, 0.1) is 12.3 Å². The third-order valence-corrected chi connectivity index (χ3v) is 4.27. The molecule has 0 aliphatic heterocycles. The van der Waals surface area contributed by atoms with Gasteiger partial charge in [0, 0.05) is 31.8 Å². The highest BCUT2D eigenvalue weighted by atomic mass is 16.5. The van der Waals surface area contributed by atoms with Gasteiger partial charge in [-0.3, -0.25) is 4.99 Å². The Hall–Kier alpha value is -1.69. The summed E-state index contributed by atoms with van der Waals surface area (Å²) in [7, 11) is 3.55. The fourth-order valence-corrected chi connectivity index (χ4v) is 2.67. The van der Waals surface area contributed by atoms with Crippen LogP contribution < -0.4 is 10.6 Å². The molecule has 1 aliphatic carbocycles. The van der Waals surface area contributed by atoms with Crippen molar-refractivity contribution in [2.75, 3.05) is 14.2 Å². The summed E-state index contributed by atoms with van der Waals surface area (Å²) in [5, 5.41) is 6.75. The summed E-state index contributed by atoms with van der Waals surface area (Å²) in [6.07, 6.45) is 3.07. The summed E-state index contributed by atoms with van der Waals surface area (Å²) in [6.45, 7) is 6.94. The smallest absolute Gasteiger partial charge is 0.191 e. The van der Waals surface area contributed by atoms with Crippen molar-refractivity contribution in [2.24, 2.45) is 10.4 Å². The Morgan fingerprint density at radius 1 is 1.52 bits per heavy atom. The van der Waals surface area contributed by atoms with Crippen molar-refractivity contribution >= 4 is 5.96 Å². The molecular formula is C15H25N5O. The van der Waals surface area contributed by atoms with Gasteiger partial charge in [-0.2, -0.15) is 0 Å². The van der Waals surface area contributed by atoms with Crippen molar-refractivity contribution in [3.05, 3.63) is 23.8 Å². The first kappa shape index (κ1) is 15.7. The number of aryl methyl sites for hydroxylation is 1. The number of ether oxygens (including phenoxy) is 1. The average Bonchev–Trinajstić information content (AvgIpc) is 2.46. The molecule has 21 heavy (non-hydrogen) atoms. The molecule has 0 aromatic carbocycles. The van der Waals surface area contributed by atoms with Crippen LogP contribution in [0.15, 0.2) is 17.3 Å². The van der Waals surface area contributed by atoms with Crippen LogP contribution in [0.2, 0.25) is 0 Å². The van der Waals surface area contributed by atoms with Crippen LogP contribution in [-0.4, -0.2) is 42.2 Å². The summed E-state index contributed by atoms with van der Waals surface area (Å²) < 4.78 is 5.47. The molecule has 2 N–H and O–H groups in total. The minimum absolute atomic E-state index is 0.109. The van der Waals surface area contributed by atoms with Gasteiger partial charge in [0.15, 0.2) is 5.96 Å². The van der Waals surface area contributed by atoms with Crippen LogP contribution in [0.5, 0.6) is 0 Å². The zero-order valence-electron chi connectivity index (χ0n) is 13.5. The maximum atomic E-state index is 5.47. The average molecular weight is 291 g/mol. The molecule has 0 radical (unpaired) electrons. The van der Waals surface area contributed by atoms with Gasteiger partial charge in [-0.15, -0.1) is 0 Å². The van der Waals surface area contributed by atoms with Crippen molar-refractivity contribution < 1.29 is 4.74 Å². The monoisotopic (exact) mass is 291 g/mol. The molecule has 1 aromatic heterocycles. The van der Waals surface area contributed by atoms with E-state index in [0.29, 0.717) is 18.7 Å². The molecule has 6 nitrogen and oxygen atoms in total. The van der Waals surface area contributed by atoms with E-state index in [1.165, 1.54) is 0 Å². The number of aromatic nitrogens is 2. The lowest BCUT2D eigenvalue weighted by molar-refractivity contribution is -0.0922. The second kappa shape index (κ2) is 6.39. The molecule has 0 spiro atoms. The first-order valence-electron chi connectivity index (χ1n) is 7.26. The maximum Gasteiger partial charge on any atom is 0.191 e. The van der Waals surface area contributed by atoms with Crippen molar-refractivity contribution in [1.29, 1.82) is 0 Å². The van der Waals surface area contributed by atoms with Crippen molar-refractivity contribution in [1.82, 2.24) is 20.6 Å². The Labute approximate surface area is 126 Å². The standard InChI is InChI=1S/C15H25N5O/c1-10-17-7-6-11(19-10)9-18-14(16-4)20-12-8-13(21-5)15(12,2)3/h6-7,12-13H,8-9H2,1-5H3,(H2,16,18,20). The summed E-state index contributed by atoms with van der Waals surface area (Å²) in [4.78, 5) is 12.7. The molecular weight excluding hydrogens is 266 g/mol. The highest BCUT2D eigenvalue weighted by Gasteiger charge is 2.48. The van der Waals surface area contributed by atoms with Gasteiger partial charge in [-0.05, 0) is 19.4 Å². The van der Waals surface area contributed by atoms with E-state index in [1.54, 1.807) is 20.4 Å². The first-order chi connectivity index (χ1) is 9.97. The van der Waals surface area contributed by atoms with E-state index < -0.39 is 0 Å². The number of hydrogen-bond donors (Lipinski definition) is 2. The Kier molecular flexibility index (Phi) is 4.77. The van der Waals surface area contributed by atoms with Gasteiger partial charge in [0.05, 0.1) is 18.3 Å². The molecule has 2 unspecified atom stereocenters. The fourth-order valence-electron chi connectivity index (χ4n) is 2.67. The summed E-state index contributed by atoms with van der Waals surface area (Å²) in [6, 6.07) is 2.27. The number of rotatable bonds is 4. The van der Waals surface area contributed by atoms with Crippen LogP contribution in [0.25, 0.3) is 0 Å². The highest BCUT2D eigenvalue weighted by Crippen LogP contribution is 2.42. The molecule has 0 amide bonds. The molecule has 1 fully saturated rings. The van der Waals surface area contributed by atoms with Gasteiger partial charge in [0.25, 0.3) is 0 Å². The lowest BCUT2D eigenvalue weighted by Crippen LogP contribution is -2.63. The van der Waals surface area contributed by atoms with Crippen molar-refractivity contribution in [3.8, 4) is 0 Å². The number of nitrogens with zero attached hydrogens (tertiary/aromatic N) is 3. The molecule has 1 saturated carbocycles.